The molecule has 0 aliphatic carbocycles. The van der Waals surface area contributed by atoms with Crippen LogP contribution in [0, 0.1) is 13.8 Å². The first-order valence-electron chi connectivity index (χ1n) is 8.36. The van der Waals surface area contributed by atoms with Crippen LogP contribution in [0.4, 0.5) is 5.69 Å². The van der Waals surface area contributed by atoms with Crippen molar-refractivity contribution in [1.29, 1.82) is 0 Å². The van der Waals surface area contributed by atoms with Gasteiger partial charge in [0.1, 0.15) is 6.54 Å². The van der Waals surface area contributed by atoms with E-state index in [1.54, 1.807) is 23.3 Å². The van der Waals surface area contributed by atoms with E-state index in [1.807, 2.05) is 61.5 Å². The Morgan fingerprint density at radius 2 is 1.88 bits per heavy atom. The van der Waals surface area contributed by atoms with Crippen molar-refractivity contribution in [2.24, 2.45) is 0 Å². The average Bonchev–Trinajstić information content (AvgIpc) is 3.11. The molecule has 0 atom stereocenters. The van der Waals surface area contributed by atoms with E-state index < -0.39 is 0 Å². The van der Waals surface area contributed by atoms with Crippen LogP contribution in [0.2, 0.25) is 0 Å². The van der Waals surface area contributed by atoms with E-state index in [4.69, 9.17) is 0 Å². The minimum Gasteiger partial charge on any atom is -0.328 e. The lowest BCUT2D eigenvalue weighted by atomic mass is 10.1. The summed E-state index contributed by atoms with van der Waals surface area (Å²) in [6, 6.07) is 10.1. The molecule has 0 saturated heterocycles. The summed E-state index contributed by atoms with van der Waals surface area (Å²) in [4.78, 5) is 23.1. The van der Waals surface area contributed by atoms with Crippen molar-refractivity contribution < 1.29 is 4.79 Å². The zero-order valence-electron chi connectivity index (χ0n) is 14.6. The number of anilines is 1. The molecular weight excluding hydrogens is 312 g/mol. The molecule has 0 fully saturated rings. The minimum atomic E-state index is 0.0549. The van der Waals surface area contributed by atoms with Gasteiger partial charge in [-0.3, -0.25) is 9.78 Å². The number of nitrogens with zero attached hydrogens (tertiary/aromatic N) is 4. The smallest absolute Gasteiger partial charge is 0.246 e. The van der Waals surface area contributed by atoms with Gasteiger partial charge < -0.3 is 9.47 Å². The van der Waals surface area contributed by atoms with Gasteiger partial charge in [0.15, 0.2) is 0 Å². The Hall–Kier alpha value is -2.95. The Balaban J connectivity index is 1.86. The SMILES string of the molecule is Cc1cccc(C)c1N(CCc1cccnc1)C(=O)Cn1ccnc1. The summed E-state index contributed by atoms with van der Waals surface area (Å²) in [5.74, 6) is 0.0549. The Labute approximate surface area is 148 Å². The van der Waals surface area contributed by atoms with Crippen LogP contribution in [0.25, 0.3) is 0 Å². The Morgan fingerprint density at radius 1 is 1.08 bits per heavy atom. The number of aryl methyl sites for hydroxylation is 2. The van der Waals surface area contributed by atoms with Gasteiger partial charge >= 0.3 is 0 Å². The van der Waals surface area contributed by atoms with Crippen LogP contribution >= 0.6 is 0 Å². The van der Waals surface area contributed by atoms with Crippen LogP contribution in [0.3, 0.4) is 0 Å². The molecule has 0 bridgehead atoms. The summed E-state index contributed by atoms with van der Waals surface area (Å²) >= 11 is 0. The topological polar surface area (TPSA) is 51.0 Å². The molecule has 0 unspecified atom stereocenters. The molecule has 2 heterocycles. The van der Waals surface area contributed by atoms with Gasteiger partial charge in [-0.2, -0.15) is 0 Å². The van der Waals surface area contributed by atoms with Gasteiger partial charge in [-0.15, -0.1) is 0 Å². The normalized spacial score (nSPS) is 10.6. The maximum absolute atomic E-state index is 13.0. The summed E-state index contributed by atoms with van der Waals surface area (Å²) in [6.45, 7) is 4.99. The summed E-state index contributed by atoms with van der Waals surface area (Å²) in [5.41, 5.74) is 4.32. The van der Waals surface area contributed by atoms with Gasteiger partial charge in [0.25, 0.3) is 0 Å². The number of benzene rings is 1. The molecule has 1 amide bonds. The molecule has 0 spiro atoms. The first-order valence-corrected chi connectivity index (χ1v) is 8.36. The van der Waals surface area contributed by atoms with Crippen molar-refractivity contribution in [3.8, 4) is 0 Å². The van der Waals surface area contributed by atoms with E-state index in [9.17, 15) is 4.79 Å². The monoisotopic (exact) mass is 334 g/mol. The first kappa shape index (κ1) is 16.9. The molecule has 5 heteroatoms. The maximum atomic E-state index is 13.0. The summed E-state index contributed by atoms with van der Waals surface area (Å²) in [5, 5.41) is 0. The number of aromatic nitrogens is 3. The second-order valence-corrected chi connectivity index (χ2v) is 6.13. The lowest BCUT2D eigenvalue weighted by molar-refractivity contribution is -0.119. The van der Waals surface area contributed by atoms with Crippen LogP contribution in [-0.2, 0) is 17.8 Å². The van der Waals surface area contributed by atoms with E-state index in [1.165, 1.54) is 0 Å². The Morgan fingerprint density at radius 3 is 2.52 bits per heavy atom. The fourth-order valence-electron chi connectivity index (χ4n) is 3.00. The second-order valence-electron chi connectivity index (χ2n) is 6.13. The molecule has 1 aromatic carbocycles. The molecule has 3 aromatic rings. The van der Waals surface area contributed by atoms with Gasteiger partial charge in [-0.1, -0.05) is 24.3 Å². The van der Waals surface area contributed by atoms with Crippen molar-refractivity contribution in [2.75, 3.05) is 11.4 Å². The number of carbonyl (C=O) groups excluding carboxylic acids is 1. The number of rotatable bonds is 6. The highest BCUT2D eigenvalue weighted by Crippen LogP contribution is 2.25. The molecule has 2 aromatic heterocycles. The lowest BCUT2D eigenvalue weighted by Crippen LogP contribution is -2.36. The molecule has 25 heavy (non-hydrogen) atoms. The number of hydrogen-bond donors (Lipinski definition) is 0. The van der Waals surface area contributed by atoms with Crippen LogP contribution in [0.5, 0.6) is 0 Å². The van der Waals surface area contributed by atoms with Gasteiger partial charge in [0.05, 0.1) is 6.33 Å². The van der Waals surface area contributed by atoms with E-state index in [2.05, 4.69) is 9.97 Å². The van der Waals surface area contributed by atoms with Crippen molar-refractivity contribution in [1.82, 2.24) is 14.5 Å². The number of imidazole rings is 1. The zero-order chi connectivity index (χ0) is 17.6. The molecule has 3 rings (SSSR count). The third-order valence-electron chi connectivity index (χ3n) is 4.23. The highest BCUT2D eigenvalue weighted by molar-refractivity contribution is 5.94. The molecule has 0 aliphatic rings. The third kappa shape index (κ3) is 4.12. The number of hydrogen-bond acceptors (Lipinski definition) is 3. The minimum absolute atomic E-state index is 0.0549. The fourth-order valence-corrected chi connectivity index (χ4v) is 3.00. The molecule has 5 nitrogen and oxygen atoms in total. The molecule has 0 radical (unpaired) electrons. The molecule has 0 saturated carbocycles. The second kappa shape index (κ2) is 7.75. The lowest BCUT2D eigenvalue weighted by Gasteiger charge is -2.26. The first-order chi connectivity index (χ1) is 12.1. The number of para-hydroxylation sites is 1. The largest absolute Gasteiger partial charge is 0.328 e. The van der Waals surface area contributed by atoms with Crippen LogP contribution < -0.4 is 4.90 Å². The molecule has 0 aliphatic heterocycles. The van der Waals surface area contributed by atoms with Crippen LogP contribution in [0.15, 0.2) is 61.4 Å². The van der Waals surface area contributed by atoms with Crippen LogP contribution in [0.1, 0.15) is 16.7 Å². The Kier molecular flexibility index (Phi) is 5.23. The standard InChI is InChI=1S/C20H22N4O/c1-16-5-3-6-17(2)20(16)24(11-8-18-7-4-9-21-13-18)19(25)14-23-12-10-22-15-23/h3-7,9-10,12-13,15H,8,11,14H2,1-2H3. The predicted octanol–water partition coefficient (Wildman–Crippen LogP) is 3.17. The highest BCUT2D eigenvalue weighted by Gasteiger charge is 2.19. The summed E-state index contributed by atoms with van der Waals surface area (Å²) in [6.07, 6.45) is 9.54. The van der Waals surface area contributed by atoms with Crippen molar-refractivity contribution in [3.05, 3.63) is 78.1 Å². The van der Waals surface area contributed by atoms with Crippen molar-refractivity contribution in [3.63, 3.8) is 0 Å². The van der Waals surface area contributed by atoms with Crippen molar-refractivity contribution >= 4 is 11.6 Å². The van der Waals surface area contributed by atoms with Crippen LogP contribution in [-0.4, -0.2) is 27.0 Å². The van der Waals surface area contributed by atoms with Gasteiger partial charge in [0, 0.05) is 37.0 Å². The molecular formula is C20H22N4O. The van der Waals surface area contributed by atoms with E-state index in [0.717, 1.165) is 28.8 Å². The quantitative estimate of drug-likeness (QED) is 0.696. The van der Waals surface area contributed by atoms with Gasteiger partial charge in [-0.25, -0.2) is 4.98 Å². The number of pyridine rings is 1. The van der Waals surface area contributed by atoms with E-state index >= 15 is 0 Å². The number of carbonyl (C=O) groups is 1. The van der Waals surface area contributed by atoms with Gasteiger partial charge in [-0.05, 0) is 43.0 Å². The maximum Gasteiger partial charge on any atom is 0.246 e. The van der Waals surface area contributed by atoms with E-state index in [0.29, 0.717) is 6.54 Å². The zero-order valence-corrected chi connectivity index (χ0v) is 14.6. The summed E-state index contributed by atoms with van der Waals surface area (Å²) < 4.78 is 1.80. The highest BCUT2D eigenvalue weighted by atomic mass is 16.2. The average molecular weight is 334 g/mol. The molecule has 128 valence electrons. The fraction of sp³-hybridized carbons (Fsp3) is 0.250. The number of amides is 1. The van der Waals surface area contributed by atoms with E-state index in [-0.39, 0.29) is 12.5 Å². The molecule has 0 N–H and O–H groups in total. The van der Waals surface area contributed by atoms with Crippen molar-refractivity contribution in [2.45, 2.75) is 26.8 Å². The Bertz CT molecular complexity index is 808. The predicted molar refractivity (Wildman–Crippen MR) is 98.4 cm³/mol. The van der Waals surface area contributed by atoms with Gasteiger partial charge in [0.2, 0.25) is 5.91 Å². The third-order valence-corrected chi connectivity index (χ3v) is 4.23. The summed E-state index contributed by atoms with van der Waals surface area (Å²) in [7, 11) is 0.